The number of fused-ring (bicyclic) bond motifs is 1. The molecule has 1 amide bonds. The van der Waals surface area contributed by atoms with Gasteiger partial charge in [-0.1, -0.05) is 18.2 Å². The topological polar surface area (TPSA) is 84.7 Å². The van der Waals surface area contributed by atoms with Crippen LogP contribution in [-0.4, -0.2) is 25.5 Å². The van der Waals surface area contributed by atoms with Crippen molar-refractivity contribution in [1.82, 2.24) is 24.9 Å². The SMILES string of the molecule is Cc1nn(C)c2c1C(NC(=O)c1cc(=O)n(-c3ccccc3)[nH]1)CCC2. The second-order valence-electron chi connectivity index (χ2n) is 6.67. The fourth-order valence-corrected chi connectivity index (χ4v) is 3.75. The highest BCUT2D eigenvalue weighted by atomic mass is 16.2. The predicted molar refractivity (Wildman–Crippen MR) is 97.5 cm³/mol. The third-order valence-electron chi connectivity index (χ3n) is 4.93. The number of carbonyl (C=O) groups excluding carboxylic acids is 1. The van der Waals surface area contributed by atoms with Crippen LogP contribution in [0, 0.1) is 6.92 Å². The average molecular weight is 351 g/mol. The molecule has 1 aliphatic rings. The quantitative estimate of drug-likeness (QED) is 0.757. The van der Waals surface area contributed by atoms with Gasteiger partial charge in [-0.25, -0.2) is 4.68 Å². The van der Waals surface area contributed by atoms with Crippen LogP contribution in [0.3, 0.4) is 0 Å². The van der Waals surface area contributed by atoms with Crippen LogP contribution in [-0.2, 0) is 13.5 Å². The summed E-state index contributed by atoms with van der Waals surface area (Å²) in [6, 6.07) is 10.4. The van der Waals surface area contributed by atoms with Crippen molar-refractivity contribution in [3.8, 4) is 5.69 Å². The summed E-state index contributed by atoms with van der Waals surface area (Å²) < 4.78 is 3.27. The molecule has 0 fully saturated rings. The lowest BCUT2D eigenvalue weighted by Gasteiger charge is -2.24. The average Bonchev–Trinajstić information content (AvgIpc) is 3.17. The van der Waals surface area contributed by atoms with Crippen molar-refractivity contribution in [3.05, 3.63) is 69.4 Å². The van der Waals surface area contributed by atoms with Crippen LogP contribution in [0.4, 0.5) is 0 Å². The van der Waals surface area contributed by atoms with E-state index in [-0.39, 0.29) is 23.2 Å². The Bertz CT molecular complexity index is 1010. The molecule has 0 aliphatic heterocycles. The summed E-state index contributed by atoms with van der Waals surface area (Å²) >= 11 is 0. The summed E-state index contributed by atoms with van der Waals surface area (Å²) in [5.74, 6) is -0.280. The molecule has 1 unspecified atom stereocenters. The molecule has 7 nitrogen and oxygen atoms in total. The second-order valence-corrected chi connectivity index (χ2v) is 6.67. The third kappa shape index (κ3) is 2.75. The normalized spacial score (nSPS) is 16.3. The van der Waals surface area contributed by atoms with Crippen LogP contribution >= 0.6 is 0 Å². The molecule has 2 N–H and O–H groups in total. The molecule has 0 saturated carbocycles. The lowest BCUT2D eigenvalue weighted by atomic mass is 9.91. The number of hydrogen-bond acceptors (Lipinski definition) is 3. The maximum atomic E-state index is 12.7. The first-order chi connectivity index (χ1) is 12.5. The molecular weight excluding hydrogens is 330 g/mol. The monoisotopic (exact) mass is 351 g/mol. The van der Waals surface area contributed by atoms with Crippen LogP contribution in [0.25, 0.3) is 5.69 Å². The number of para-hydroxylation sites is 1. The lowest BCUT2D eigenvalue weighted by molar-refractivity contribution is 0.0927. The summed E-state index contributed by atoms with van der Waals surface area (Å²) in [5.41, 5.74) is 3.92. The molecule has 0 bridgehead atoms. The third-order valence-corrected chi connectivity index (χ3v) is 4.93. The van der Waals surface area contributed by atoms with E-state index in [1.165, 1.54) is 16.4 Å². The Balaban J connectivity index is 1.60. The minimum absolute atomic E-state index is 0.0801. The van der Waals surface area contributed by atoms with Gasteiger partial charge in [0, 0.05) is 24.4 Å². The number of rotatable bonds is 3. The molecule has 4 rings (SSSR count). The van der Waals surface area contributed by atoms with Gasteiger partial charge in [0.2, 0.25) is 0 Å². The minimum atomic E-state index is -0.280. The largest absolute Gasteiger partial charge is 0.344 e. The summed E-state index contributed by atoms with van der Waals surface area (Å²) in [4.78, 5) is 24.9. The van der Waals surface area contributed by atoms with E-state index in [9.17, 15) is 9.59 Å². The molecule has 0 radical (unpaired) electrons. The van der Waals surface area contributed by atoms with E-state index < -0.39 is 0 Å². The molecule has 7 heteroatoms. The highest BCUT2D eigenvalue weighted by molar-refractivity contribution is 5.92. The van der Waals surface area contributed by atoms with E-state index in [0.717, 1.165) is 30.5 Å². The van der Waals surface area contributed by atoms with Gasteiger partial charge in [0.05, 0.1) is 17.4 Å². The Hall–Kier alpha value is -3.09. The summed E-state index contributed by atoms with van der Waals surface area (Å²) in [5, 5.41) is 10.4. The van der Waals surface area contributed by atoms with Crippen molar-refractivity contribution in [3.63, 3.8) is 0 Å². The number of carbonyl (C=O) groups is 1. The second kappa shape index (κ2) is 6.33. The smallest absolute Gasteiger partial charge is 0.271 e. The van der Waals surface area contributed by atoms with Gasteiger partial charge < -0.3 is 5.32 Å². The van der Waals surface area contributed by atoms with Gasteiger partial charge in [-0.3, -0.25) is 19.4 Å². The Labute approximate surface area is 150 Å². The van der Waals surface area contributed by atoms with Gasteiger partial charge in [-0.05, 0) is 38.3 Å². The first-order valence-corrected chi connectivity index (χ1v) is 8.75. The van der Waals surface area contributed by atoms with Crippen molar-refractivity contribution in [1.29, 1.82) is 0 Å². The molecule has 2 aromatic heterocycles. The fraction of sp³-hybridized carbons (Fsp3) is 0.316. The first kappa shape index (κ1) is 16.4. The van der Waals surface area contributed by atoms with E-state index in [1.807, 2.05) is 49.0 Å². The summed E-state index contributed by atoms with van der Waals surface area (Å²) in [6.07, 6.45) is 2.84. The van der Waals surface area contributed by atoms with Crippen molar-refractivity contribution in [2.45, 2.75) is 32.2 Å². The number of nitrogens with one attached hydrogen (secondary N) is 2. The fourth-order valence-electron chi connectivity index (χ4n) is 3.75. The highest BCUT2D eigenvalue weighted by Gasteiger charge is 2.28. The van der Waals surface area contributed by atoms with E-state index in [0.29, 0.717) is 5.69 Å². The van der Waals surface area contributed by atoms with Crippen LogP contribution in [0.15, 0.2) is 41.2 Å². The first-order valence-electron chi connectivity index (χ1n) is 8.75. The molecule has 1 aliphatic carbocycles. The number of aryl methyl sites for hydroxylation is 2. The van der Waals surface area contributed by atoms with E-state index >= 15 is 0 Å². The highest BCUT2D eigenvalue weighted by Crippen LogP contribution is 2.31. The zero-order valence-electron chi connectivity index (χ0n) is 14.8. The zero-order chi connectivity index (χ0) is 18.3. The molecular formula is C19H21N5O2. The van der Waals surface area contributed by atoms with Crippen LogP contribution in [0.1, 0.15) is 46.3 Å². The van der Waals surface area contributed by atoms with Crippen LogP contribution in [0.5, 0.6) is 0 Å². The number of nitrogens with zero attached hydrogens (tertiary/aromatic N) is 3. The Kier molecular flexibility index (Phi) is 3.99. The van der Waals surface area contributed by atoms with E-state index in [2.05, 4.69) is 15.5 Å². The van der Waals surface area contributed by atoms with Gasteiger partial charge in [-0.2, -0.15) is 5.10 Å². The van der Waals surface area contributed by atoms with Gasteiger partial charge in [0.1, 0.15) is 5.69 Å². The molecule has 134 valence electrons. The molecule has 26 heavy (non-hydrogen) atoms. The number of hydrogen-bond donors (Lipinski definition) is 2. The Morgan fingerprint density at radius 1 is 1.31 bits per heavy atom. The minimum Gasteiger partial charge on any atom is -0.344 e. The number of aromatic amines is 1. The van der Waals surface area contributed by atoms with Crippen molar-refractivity contribution in [2.75, 3.05) is 0 Å². The van der Waals surface area contributed by atoms with Gasteiger partial charge in [0.15, 0.2) is 0 Å². The number of aromatic nitrogens is 4. The maximum absolute atomic E-state index is 12.7. The summed E-state index contributed by atoms with van der Waals surface area (Å²) in [6.45, 7) is 1.97. The van der Waals surface area contributed by atoms with Gasteiger partial charge in [-0.15, -0.1) is 0 Å². The molecule has 1 aromatic carbocycles. The van der Waals surface area contributed by atoms with Crippen LogP contribution < -0.4 is 10.9 Å². The Morgan fingerprint density at radius 2 is 2.08 bits per heavy atom. The van der Waals surface area contributed by atoms with E-state index in [4.69, 9.17) is 0 Å². The molecule has 2 heterocycles. The predicted octanol–water partition coefficient (Wildman–Crippen LogP) is 2.01. The molecule has 1 atom stereocenters. The maximum Gasteiger partial charge on any atom is 0.271 e. The number of amides is 1. The van der Waals surface area contributed by atoms with Gasteiger partial charge in [0.25, 0.3) is 11.5 Å². The van der Waals surface area contributed by atoms with Gasteiger partial charge >= 0.3 is 0 Å². The van der Waals surface area contributed by atoms with Crippen molar-refractivity contribution < 1.29 is 4.79 Å². The standard InChI is InChI=1S/C19H21N5O2/c1-12-18-14(9-6-10-16(18)23(2)21-12)20-19(26)15-11-17(25)24(22-15)13-7-4-3-5-8-13/h3-5,7-8,11,14,22H,6,9-10H2,1-2H3,(H,20,26). The lowest BCUT2D eigenvalue weighted by Crippen LogP contribution is -2.31. The van der Waals surface area contributed by atoms with Crippen LogP contribution in [0.2, 0.25) is 0 Å². The van der Waals surface area contributed by atoms with Crippen molar-refractivity contribution in [2.24, 2.45) is 7.05 Å². The zero-order valence-corrected chi connectivity index (χ0v) is 14.8. The Morgan fingerprint density at radius 3 is 2.85 bits per heavy atom. The number of benzene rings is 1. The van der Waals surface area contributed by atoms with E-state index in [1.54, 1.807) is 0 Å². The van der Waals surface area contributed by atoms with Crippen molar-refractivity contribution >= 4 is 5.91 Å². The molecule has 0 spiro atoms. The number of H-pyrrole nitrogens is 1. The molecule has 0 saturated heterocycles. The molecule has 3 aromatic rings. The summed E-state index contributed by atoms with van der Waals surface area (Å²) in [7, 11) is 1.94.